The number of pyridine rings is 1. The number of rotatable bonds is 9. The highest BCUT2D eigenvalue weighted by atomic mass is 32.2. The Kier molecular flexibility index (Phi) is 8.00. The third kappa shape index (κ3) is 5.47. The normalized spacial score (nSPS) is 15.9. The predicted molar refractivity (Wildman–Crippen MR) is 145 cm³/mol. The van der Waals surface area contributed by atoms with Gasteiger partial charge in [-0.2, -0.15) is 0 Å². The molecule has 35 heavy (non-hydrogen) atoms. The molecule has 0 bridgehead atoms. The first-order chi connectivity index (χ1) is 16.9. The number of nitrogens with zero attached hydrogens (tertiary/aromatic N) is 3. The molecule has 1 aliphatic rings. The lowest BCUT2D eigenvalue weighted by Crippen LogP contribution is -2.29. The van der Waals surface area contributed by atoms with Gasteiger partial charge in [-0.05, 0) is 36.6 Å². The summed E-state index contributed by atoms with van der Waals surface area (Å²) in [7, 11) is 0. The van der Waals surface area contributed by atoms with Crippen molar-refractivity contribution < 1.29 is 9.90 Å². The highest BCUT2D eigenvalue weighted by molar-refractivity contribution is 8.26. The van der Waals surface area contributed by atoms with Crippen LogP contribution in [0.15, 0.2) is 58.4 Å². The molecule has 1 aromatic carbocycles. The van der Waals surface area contributed by atoms with E-state index in [1.165, 1.54) is 16.2 Å². The van der Waals surface area contributed by atoms with Gasteiger partial charge in [-0.15, -0.1) is 0 Å². The lowest BCUT2D eigenvalue weighted by atomic mass is 10.1. The SMILES string of the molecule is CCCCCN1C(=O)C(=Cc2c(NCC(O)c3ccccc3)nc3c(C)cccn3c2=O)SC1=S. The molecule has 1 unspecified atom stereocenters. The Morgan fingerprint density at radius 2 is 1.94 bits per heavy atom. The van der Waals surface area contributed by atoms with Crippen molar-refractivity contribution in [2.24, 2.45) is 0 Å². The molecule has 1 amide bonds. The average Bonchev–Trinajstić information content (AvgIpc) is 3.13. The van der Waals surface area contributed by atoms with E-state index in [1.807, 2.05) is 43.3 Å². The fraction of sp³-hybridized carbons (Fsp3) is 0.308. The number of aromatic nitrogens is 2. The van der Waals surface area contributed by atoms with Gasteiger partial charge in [0.15, 0.2) is 0 Å². The van der Waals surface area contributed by atoms with E-state index < -0.39 is 6.10 Å². The van der Waals surface area contributed by atoms with Gasteiger partial charge in [-0.25, -0.2) is 4.98 Å². The fourth-order valence-corrected chi connectivity index (χ4v) is 5.20. The summed E-state index contributed by atoms with van der Waals surface area (Å²) in [5.74, 6) is 0.121. The van der Waals surface area contributed by atoms with Crippen LogP contribution in [0.4, 0.5) is 5.82 Å². The molecule has 0 spiro atoms. The Bertz CT molecular complexity index is 1340. The van der Waals surface area contributed by atoms with Crippen LogP contribution in [0.5, 0.6) is 0 Å². The van der Waals surface area contributed by atoms with Gasteiger partial charge < -0.3 is 10.4 Å². The van der Waals surface area contributed by atoms with E-state index in [0.29, 0.717) is 27.2 Å². The van der Waals surface area contributed by atoms with Crippen LogP contribution < -0.4 is 10.9 Å². The van der Waals surface area contributed by atoms with E-state index in [0.717, 1.165) is 30.4 Å². The summed E-state index contributed by atoms with van der Waals surface area (Å²) >= 11 is 6.64. The van der Waals surface area contributed by atoms with Crippen LogP contribution in [0, 0.1) is 6.92 Å². The van der Waals surface area contributed by atoms with Gasteiger partial charge in [-0.3, -0.25) is 18.9 Å². The summed E-state index contributed by atoms with van der Waals surface area (Å²) in [5.41, 5.74) is 2.06. The van der Waals surface area contributed by atoms with Gasteiger partial charge in [0.1, 0.15) is 15.8 Å². The minimum absolute atomic E-state index is 0.150. The number of amides is 1. The number of thiocarbonyl (C=S) groups is 1. The van der Waals surface area contributed by atoms with Crippen LogP contribution in [0.25, 0.3) is 11.7 Å². The van der Waals surface area contributed by atoms with E-state index >= 15 is 0 Å². The molecule has 3 heterocycles. The number of aryl methyl sites for hydroxylation is 1. The maximum atomic E-state index is 13.5. The van der Waals surface area contributed by atoms with Gasteiger partial charge in [0.05, 0.1) is 16.6 Å². The maximum absolute atomic E-state index is 13.5. The highest BCUT2D eigenvalue weighted by Crippen LogP contribution is 2.33. The highest BCUT2D eigenvalue weighted by Gasteiger charge is 2.32. The second kappa shape index (κ2) is 11.2. The molecule has 1 fully saturated rings. The standard InChI is InChI=1S/C26H28N4O3S2/c1-3-4-8-13-30-25(33)21(35-26(30)34)15-19-22(27-16-20(31)18-11-6-5-7-12-18)28-23-17(2)10-9-14-29(23)24(19)32/h5-7,9-12,14-15,20,27,31H,3-4,8,13,16H2,1-2H3. The minimum atomic E-state index is -0.794. The number of fused-ring (bicyclic) bond motifs is 1. The molecule has 7 nitrogen and oxygen atoms in total. The van der Waals surface area contributed by atoms with Crippen molar-refractivity contribution in [1.29, 1.82) is 0 Å². The summed E-state index contributed by atoms with van der Waals surface area (Å²) in [4.78, 5) is 33.2. The quantitative estimate of drug-likeness (QED) is 0.249. The number of anilines is 1. The van der Waals surface area contributed by atoms with E-state index in [9.17, 15) is 14.7 Å². The first-order valence-corrected chi connectivity index (χ1v) is 12.9. The van der Waals surface area contributed by atoms with Crippen molar-refractivity contribution >= 4 is 51.7 Å². The monoisotopic (exact) mass is 508 g/mol. The molecule has 1 atom stereocenters. The largest absolute Gasteiger partial charge is 0.387 e. The second-order valence-corrected chi connectivity index (χ2v) is 10.1. The second-order valence-electron chi connectivity index (χ2n) is 8.41. The lowest BCUT2D eigenvalue weighted by Gasteiger charge is -2.16. The molecule has 182 valence electrons. The Hall–Kier alpha value is -3.01. The first-order valence-electron chi connectivity index (χ1n) is 11.6. The molecule has 2 aromatic heterocycles. The molecule has 0 aliphatic carbocycles. The summed E-state index contributed by atoms with van der Waals surface area (Å²) in [6, 6.07) is 12.9. The average molecular weight is 509 g/mol. The third-order valence-corrected chi connectivity index (χ3v) is 7.24. The topological polar surface area (TPSA) is 86.9 Å². The summed E-state index contributed by atoms with van der Waals surface area (Å²) in [6.45, 7) is 4.70. The number of aliphatic hydroxyl groups is 1. The molecule has 4 rings (SSSR count). The van der Waals surface area contributed by atoms with Crippen LogP contribution in [0.3, 0.4) is 0 Å². The predicted octanol–water partition coefficient (Wildman–Crippen LogP) is 4.54. The molecule has 3 aromatic rings. The van der Waals surface area contributed by atoms with Crippen molar-refractivity contribution in [2.75, 3.05) is 18.4 Å². The molecule has 9 heteroatoms. The van der Waals surface area contributed by atoms with E-state index in [1.54, 1.807) is 23.2 Å². The van der Waals surface area contributed by atoms with Crippen LogP contribution >= 0.6 is 24.0 Å². The molecule has 0 radical (unpaired) electrons. The minimum Gasteiger partial charge on any atom is -0.387 e. The van der Waals surface area contributed by atoms with Gasteiger partial charge in [0.2, 0.25) is 0 Å². The Morgan fingerprint density at radius 3 is 2.69 bits per heavy atom. The fourth-order valence-electron chi connectivity index (χ4n) is 3.91. The summed E-state index contributed by atoms with van der Waals surface area (Å²) in [6.07, 6.45) is 5.38. The van der Waals surface area contributed by atoms with Gasteiger partial charge in [0, 0.05) is 19.3 Å². The number of nitrogens with one attached hydrogen (secondary N) is 1. The Labute approximate surface area is 213 Å². The zero-order chi connectivity index (χ0) is 24.9. The van der Waals surface area contributed by atoms with Crippen molar-refractivity contribution in [3.8, 4) is 0 Å². The van der Waals surface area contributed by atoms with E-state index in [-0.39, 0.29) is 23.6 Å². The lowest BCUT2D eigenvalue weighted by molar-refractivity contribution is -0.122. The zero-order valence-corrected chi connectivity index (χ0v) is 21.4. The number of hydrogen-bond donors (Lipinski definition) is 2. The van der Waals surface area contributed by atoms with Crippen LogP contribution in [-0.4, -0.2) is 42.7 Å². The molecular weight excluding hydrogens is 480 g/mol. The van der Waals surface area contributed by atoms with Gasteiger partial charge in [-0.1, -0.05) is 80.1 Å². The number of carbonyl (C=O) groups is 1. The summed E-state index contributed by atoms with van der Waals surface area (Å²) < 4.78 is 1.97. The van der Waals surface area contributed by atoms with Crippen molar-refractivity contribution in [3.63, 3.8) is 0 Å². The number of unbranched alkanes of at least 4 members (excludes halogenated alkanes) is 2. The van der Waals surface area contributed by atoms with Gasteiger partial charge >= 0.3 is 0 Å². The smallest absolute Gasteiger partial charge is 0.267 e. The molecule has 2 N–H and O–H groups in total. The Balaban J connectivity index is 1.71. The van der Waals surface area contributed by atoms with E-state index in [4.69, 9.17) is 17.2 Å². The third-order valence-electron chi connectivity index (χ3n) is 5.87. The van der Waals surface area contributed by atoms with Crippen molar-refractivity contribution in [2.45, 2.75) is 39.2 Å². The number of thioether (sulfide) groups is 1. The van der Waals surface area contributed by atoms with Crippen LogP contribution in [0.1, 0.15) is 49.0 Å². The van der Waals surface area contributed by atoms with Crippen molar-refractivity contribution in [1.82, 2.24) is 14.3 Å². The first kappa shape index (κ1) is 25.1. The zero-order valence-electron chi connectivity index (χ0n) is 19.7. The Morgan fingerprint density at radius 1 is 1.17 bits per heavy atom. The van der Waals surface area contributed by atoms with Gasteiger partial charge in [0.25, 0.3) is 11.5 Å². The maximum Gasteiger partial charge on any atom is 0.267 e. The van der Waals surface area contributed by atoms with Crippen LogP contribution in [0.2, 0.25) is 0 Å². The number of hydrogen-bond acceptors (Lipinski definition) is 7. The molecule has 1 saturated heterocycles. The summed E-state index contributed by atoms with van der Waals surface area (Å²) in [5, 5.41) is 13.8. The number of carbonyl (C=O) groups excluding carboxylic acids is 1. The molecule has 0 saturated carbocycles. The number of aliphatic hydroxyl groups excluding tert-OH is 1. The van der Waals surface area contributed by atoms with E-state index in [2.05, 4.69) is 12.2 Å². The van der Waals surface area contributed by atoms with Crippen molar-refractivity contribution in [3.05, 3.63) is 80.6 Å². The van der Waals surface area contributed by atoms with Crippen LogP contribution in [-0.2, 0) is 4.79 Å². The molecule has 1 aliphatic heterocycles. The number of benzene rings is 1. The molecular formula is C26H28N4O3S2.